The Morgan fingerprint density at radius 1 is 0.968 bits per heavy atom. The molecule has 1 aliphatic heterocycles. The van der Waals surface area contributed by atoms with Crippen molar-refractivity contribution in [1.82, 2.24) is 0 Å². The number of cyclic esters (lactones) is 1. The molecule has 5 heteroatoms. The zero-order valence-corrected chi connectivity index (χ0v) is 20.9. The van der Waals surface area contributed by atoms with Gasteiger partial charge >= 0.3 is 5.97 Å². The maximum Gasteiger partial charge on any atom is 0.363 e. The molecule has 3 rings (SSSR count). The predicted molar refractivity (Wildman–Crippen MR) is 130 cm³/mol. The standard InChI is InChI=1S/C26H33NO3Si/c1-25(2,3)21-15-14-20(30-31(7,8)26(4,5)6)16-19(21)17-22-24(28)29-23(27-22)18-12-10-9-11-13-18/h9-17H,1-8H3. The van der Waals surface area contributed by atoms with Crippen molar-refractivity contribution in [3.63, 3.8) is 0 Å². The van der Waals surface area contributed by atoms with Gasteiger partial charge in [0.15, 0.2) is 5.70 Å². The average Bonchev–Trinajstić information content (AvgIpc) is 3.01. The molecule has 0 aliphatic carbocycles. The topological polar surface area (TPSA) is 47.9 Å². The normalized spacial score (nSPS) is 16.3. The summed E-state index contributed by atoms with van der Waals surface area (Å²) < 4.78 is 11.9. The number of hydrogen-bond acceptors (Lipinski definition) is 4. The molecule has 1 aliphatic rings. The van der Waals surface area contributed by atoms with Crippen LogP contribution >= 0.6 is 0 Å². The van der Waals surface area contributed by atoms with Gasteiger partial charge in [0.05, 0.1) is 0 Å². The minimum absolute atomic E-state index is 0.0957. The van der Waals surface area contributed by atoms with Crippen molar-refractivity contribution < 1.29 is 14.0 Å². The fourth-order valence-electron chi connectivity index (χ4n) is 3.12. The highest BCUT2D eigenvalue weighted by atomic mass is 28.4. The highest BCUT2D eigenvalue weighted by molar-refractivity contribution is 6.74. The van der Waals surface area contributed by atoms with E-state index in [1.165, 1.54) is 0 Å². The van der Waals surface area contributed by atoms with Gasteiger partial charge in [-0.2, -0.15) is 0 Å². The molecule has 0 unspecified atom stereocenters. The monoisotopic (exact) mass is 435 g/mol. The largest absolute Gasteiger partial charge is 0.543 e. The minimum Gasteiger partial charge on any atom is -0.543 e. The zero-order valence-electron chi connectivity index (χ0n) is 19.9. The summed E-state index contributed by atoms with van der Waals surface area (Å²) in [5.74, 6) is 0.724. The first-order valence-electron chi connectivity index (χ1n) is 10.7. The van der Waals surface area contributed by atoms with Crippen molar-refractivity contribution in [3.05, 3.63) is 70.9 Å². The molecule has 0 radical (unpaired) electrons. The molecule has 164 valence electrons. The van der Waals surface area contributed by atoms with Gasteiger partial charge in [-0.05, 0) is 65.0 Å². The molecule has 0 N–H and O–H groups in total. The van der Waals surface area contributed by atoms with Gasteiger partial charge in [0.1, 0.15) is 5.75 Å². The number of ether oxygens (including phenoxy) is 1. The van der Waals surface area contributed by atoms with E-state index in [4.69, 9.17) is 9.16 Å². The summed E-state index contributed by atoms with van der Waals surface area (Å²) in [6.45, 7) is 17.6. The van der Waals surface area contributed by atoms with Gasteiger partial charge < -0.3 is 9.16 Å². The Morgan fingerprint density at radius 2 is 1.61 bits per heavy atom. The van der Waals surface area contributed by atoms with Crippen LogP contribution in [0.2, 0.25) is 18.1 Å². The molecule has 0 amide bonds. The van der Waals surface area contributed by atoms with Crippen LogP contribution < -0.4 is 4.43 Å². The maximum absolute atomic E-state index is 12.5. The molecule has 1 heterocycles. The van der Waals surface area contributed by atoms with Crippen LogP contribution in [0.5, 0.6) is 5.75 Å². The Kier molecular flexibility index (Phi) is 6.02. The van der Waals surface area contributed by atoms with E-state index in [2.05, 4.69) is 65.7 Å². The predicted octanol–water partition coefficient (Wildman–Crippen LogP) is 6.71. The first kappa shape index (κ1) is 23.0. The number of aliphatic imine (C=N–C) groups is 1. The van der Waals surface area contributed by atoms with Crippen molar-refractivity contribution >= 4 is 26.3 Å². The maximum atomic E-state index is 12.5. The van der Waals surface area contributed by atoms with Gasteiger partial charge in [-0.3, -0.25) is 0 Å². The van der Waals surface area contributed by atoms with E-state index in [0.29, 0.717) is 11.6 Å². The van der Waals surface area contributed by atoms with Gasteiger partial charge in [-0.15, -0.1) is 0 Å². The van der Waals surface area contributed by atoms with E-state index in [1.54, 1.807) is 0 Å². The summed E-state index contributed by atoms with van der Waals surface area (Å²) in [6.07, 6.45) is 1.82. The Bertz CT molecular complexity index is 1040. The van der Waals surface area contributed by atoms with E-state index >= 15 is 0 Å². The molecule has 0 atom stereocenters. The number of nitrogens with zero attached hydrogens (tertiary/aromatic N) is 1. The lowest BCUT2D eigenvalue weighted by molar-refractivity contribution is -0.129. The van der Waals surface area contributed by atoms with E-state index in [-0.39, 0.29) is 10.5 Å². The zero-order chi connectivity index (χ0) is 23.0. The fraction of sp³-hybridized carbons (Fsp3) is 0.385. The molecule has 31 heavy (non-hydrogen) atoms. The quantitative estimate of drug-likeness (QED) is 0.304. The molecule has 2 aromatic rings. The second-order valence-electron chi connectivity index (χ2n) is 10.6. The van der Waals surface area contributed by atoms with Crippen LogP contribution in [0.25, 0.3) is 6.08 Å². The third-order valence-electron chi connectivity index (χ3n) is 5.94. The van der Waals surface area contributed by atoms with Crippen molar-refractivity contribution in [2.75, 3.05) is 0 Å². The highest BCUT2D eigenvalue weighted by Gasteiger charge is 2.39. The lowest BCUT2D eigenvalue weighted by Crippen LogP contribution is -2.43. The number of benzene rings is 2. The lowest BCUT2D eigenvalue weighted by atomic mass is 9.83. The van der Waals surface area contributed by atoms with Gasteiger partial charge in [-0.1, -0.05) is 65.8 Å². The van der Waals surface area contributed by atoms with Gasteiger partial charge in [0.25, 0.3) is 0 Å². The van der Waals surface area contributed by atoms with Crippen LogP contribution in [0.15, 0.2) is 59.2 Å². The Morgan fingerprint density at radius 3 is 2.19 bits per heavy atom. The summed E-state index contributed by atoms with van der Waals surface area (Å²) >= 11 is 0. The van der Waals surface area contributed by atoms with Crippen LogP contribution in [0.3, 0.4) is 0 Å². The number of rotatable bonds is 4. The van der Waals surface area contributed by atoms with E-state index in [9.17, 15) is 4.79 Å². The van der Waals surface area contributed by atoms with Gasteiger partial charge in [0.2, 0.25) is 14.2 Å². The first-order chi connectivity index (χ1) is 14.3. The van der Waals surface area contributed by atoms with Gasteiger partial charge in [-0.25, -0.2) is 9.79 Å². The van der Waals surface area contributed by atoms with Crippen LogP contribution in [-0.4, -0.2) is 20.2 Å². The molecular formula is C26H33NO3Si. The Balaban J connectivity index is 2.04. The molecule has 2 aromatic carbocycles. The molecule has 0 fully saturated rings. The summed E-state index contributed by atoms with van der Waals surface area (Å²) in [5, 5.41) is 0.0957. The second-order valence-corrected chi connectivity index (χ2v) is 15.3. The number of hydrogen-bond donors (Lipinski definition) is 0. The van der Waals surface area contributed by atoms with Crippen LogP contribution in [0.1, 0.15) is 58.2 Å². The molecule has 0 saturated carbocycles. The fourth-order valence-corrected chi connectivity index (χ4v) is 4.14. The molecule has 0 aromatic heterocycles. The molecule has 4 nitrogen and oxygen atoms in total. The molecule has 0 saturated heterocycles. The number of esters is 1. The van der Waals surface area contributed by atoms with Crippen LogP contribution in [-0.2, 0) is 14.9 Å². The lowest BCUT2D eigenvalue weighted by Gasteiger charge is -2.36. The number of carbonyl (C=O) groups excluding carboxylic acids is 1. The van der Waals surface area contributed by atoms with Crippen molar-refractivity contribution in [3.8, 4) is 5.75 Å². The van der Waals surface area contributed by atoms with Crippen LogP contribution in [0, 0.1) is 0 Å². The Labute approximate surface area is 187 Å². The van der Waals surface area contributed by atoms with Crippen molar-refractivity contribution in [2.45, 2.75) is 65.1 Å². The summed E-state index contributed by atoms with van der Waals surface area (Å²) in [6, 6.07) is 15.6. The summed E-state index contributed by atoms with van der Waals surface area (Å²) in [4.78, 5) is 17.0. The Hall–Kier alpha value is -2.66. The SMILES string of the molecule is CC(C)(C)c1ccc(O[Si](C)(C)C(C)(C)C)cc1C=C1N=C(c2ccccc2)OC1=O. The van der Waals surface area contributed by atoms with Crippen molar-refractivity contribution in [1.29, 1.82) is 0 Å². The summed E-state index contributed by atoms with van der Waals surface area (Å²) in [7, 11) is -1.98. The van der Waals surface area contributed by atoms with E-state index in [0.717, 1.165) is 22.4 Å². The van der Waals surface area contributed by atoms with Crippen LogP contribution in [0.4, 0.5) is 0 Å². The number of carbonyl (C=O) groups is 1. The van der Waals surface area contributed by atoms with Gasteiger partial charge in [0, 0.05) is 5.56 Å². The molecular weight excluding hydrogens is 402 g/mol. The highest BCUT2D eigenvalue weighted by Crippen LogP contribution is 2.39. The third kappa shape index (κ3) is 5.16. The summed E-state index contributed by atoms with van der Waals surface area (Å²) in [5.41, 5.74) is 3.03. The third-order valence-corrected chi connectivity index (χ3v) is 10.3. The minimum atomic E-state index is -1.98. The smallest absolute Gasteiger partial charge is 0.363 e. The average molecular weight is 436 g/mol. The first-order valence-corrected chi connectivity index (χ1v) is 13.6. The molecule has 0 bridgehead atoms. The molecule has 0 spiro atoms. The van der Waals surface area contributed by atoms with E-state index < -0.39 is 14.3 Å². The van der Waals surface area contributed by atoms with Crippen molar-refractivity contribution in [2.24, 2.45) is 4.99 Å². The van der Waals surface area contributed by atoms with E-state index in [1.807, 2.05) is 48.5 Å². The second kappa shape index (κ2) is 8.12.